The maximum absolute atomic E-state index is 13.6. The lowest BCUT2D eigenvalue weighted by molar-refractivity contribution is 0.0666. The minimum atomic E-state index is -1.05. The van der Waals surface area contributed by atoms with Gasteiger partial charge < -0.3 is 4.90 Å². The fourth-order valence-corrected chi connectivity index (χ4v) is 3.13. The zero-order valence-electron chi connectivity index (χ0n) is 10.5. The molecule has 1 fully saturated rings. The highest BCUT2D eigenvalue weighted by Gasteiger charge is 2.26. The van der Waals surface area contributed by atoms with E-state index in [4.69, 9.17) is 0 Å². The SMILES string of the molecule is O=C(c1cccc(F)c1F)N1CCCC(CCBr)C1. The van der Waals surface area contributed by atoms with E-state index in [0.29, 0.717) is 19.0 Å². The molecule has 1 aromatic rings. The van der Waals surface area contributed by atoms with Gasteiger partial charge in [-0.25, -0.2) is 8.78 Å². The Morgan fingerprint density at radius 3 is 2.95 bits per heavy atom. The Labute approximate surface area is 119 Å². The van der Waals surface area contributed by atoms with Gasteiger partial charge in [-0.05, 0) is 37.3 Å². The van der Waals surface area contributed by atoms with E-state index in [1.807, 2.05) is 0 Å². The van der Waals surface area contributed by atoms with Gasteiger partial charge in [-0.3, -0.25) is 4.79 Å². The summed E-state index contributed by atoms with van der Waals surface area (Å²) in [6, 6.07) is 3.73. The van der Waals surface area contributed by atoms with Crippen LogP contribution in [0.5, 0.6) is 0 Å². The molecule has 0 bridgehead atoms. The highest BCUT2D eigenvalue weighted by atomic mass is 79.9. The third-order valence-electron chi connectivity index (χ3n) is 3.51. The van der Waals surface area contributed by atoms with Crippen molar-refractivity contribution in [2.45, 2.75) is 19.3 Å². The first kappa shape index (κ1) is 14.4. The number of piperidine rings is 1. The minimum Gasteiger partial charge on any atom is -0.338 e. The first-order valence-corrected chi connectivity index (χ1v) is 7.55. The van der Waals surface area contributed by atoms with Crippen molar-refractivity contribution < 1.29 is 13.6 Å². The highest BCUT2D eigenvalue weighted by Crippen LogP contribution is 2.23. The molecule has 104 valence electrons. The zero-order valence-corrected chi connectivity index (χ0v) is 12.1. The summed E-state index contributed by atoms with van der Waals surface area (Å²) < 4.78 is 26.8. The van der Waals surface area contributed by atoms with Crippen LogP contribution in [0.25, 0.3) is 0 Å². The van der Waals surface area contributed by atoms with Gasteiger partial charge in [0.1, 0.15) is 0 Å². The van der Waals surface area contributed by atoms with Crippen molar-refractivity contribution in [2.24, 2.45) is 5.92 Å². The average molecular weight is 332 g/mol. The van der Waals surface area contributed by atoms with Crippen LogP contribution in [0.1, 0.15) is 29.6 Å². The van der Waals surface area contributed by atoms with Crippen LogP contribution in [0, 0.1) is 17.6 Å². The van der Waals surface area contributed by atoms with Crippen LogP contribution in [0.2, 0.25) is 0 Å². The molecule has 1 amide bonds. The monoisotopic (exact) mass is 331 g/mol. The molecule has 5 heteroatoms. The van der Waals surface area contributed by atoms with Gasteiger partial charge in [0.2, 0.25) is 0 Å². The van der Waals surface area contributed by atoms with Crippen LogP contribution in [-0.2, 0) is 0 Å². The molecule has 0 aromatic heterocycles. The maximum atomic E-state index is 13.6. The Balaban J connectivity index is 2.12. The van der Waals surface area contributed by atoms with Crippen molar-refractivity contribution in [1.82, 2.24) is 4.90 Å². The quantitative estimate of drug-likeness (QED) is 0.775. The van der Waals surface area contributed by atoms with Crippen molar-refractivity contribution in [3.8, 4) is 0 Å². The summed E-state index contributed by atoms with van der Waals surface area (Å²) in [5, 5.41) is 0.897. The maximum Gasteiger partial charge on any atom is 0.256 e. The van der Waals surface area contributed by atoms with E-state index in [2.05, 4.69) is 15.9 Å². The molecule has 0 saturated carbocycles. The fraction of sp³-hybridized carbons (Fsp3) is 0.500. The molecule has 0 spiro atoms. The van der Waals surface area contributed by atoms with Crippen LogP contribution >= 0.6 is 15.9 Å². The Bertz CT molecular complexity index is 465. The molecular weight excluding hydrogens is 316 g/mol. The van der Waals surface area contributed by atoms with Gasteiger partial charge >= 0.3 is 0 Å². The van der Waals surface area contributed by atoms with Crippen LogP contribution in [0.15, 0.2) is 18.2 Å². The number of hydrogen-bond donors (Lipinski definition) is 0. The molecule has 1 aliphatic rings. The second-order valence-corrected chi connectivity index (χ2v) is 5.63. The normalized spacial score (nSPS) is 19.5. The van der Waals surface area contributed by atoms with Gasteiger partial charge in [0.15, 0.2) is 11.6 Å². The van der Waals surface area contributed by atoms with E-state index in [0.717, 1.165) is 30.7 Å². The summed E-state index contributed by atoms with van der Waals surface area (Å²) in [4.78, 5) is 13.9. The first-order chi connectivity index (χ1) is 9.13. The van der Waals surface area contributed by atoms with Crippen LogP contribution in [-0.4, -0.2) is 29.2 Å². The molecule has 1 saturated heterocycles. The van der Waals surface area contributed by atoms with Crippen LogP contribution in [0.4, 0.5) is 8.78 Å². The smallest absolute Gasteiger partial charge is 0.256 e. The zero-order chi connectivity index (χ0) is 13.8. The standard InChI is InChI=1S/C14H16BrF2NO/c15-7-6-10-3-2-8-18(9-10)14(19)11-4-1-5-12(16)13(11)17/h1,4-5,10H,2-3,6-9H2. The van der Waals surface area contributed by atoms with Crippen molar-refractivity contribution in [3.63, 3.8) is 0 Å². The lowest BCUT2D eigenvalue weighted by Crippen LogP contribution is -2.40. The van der Waals surface area contributed by atoms with Gasteiger partial charge in [0.05, 0.1) is 5.56 Å². The number of nitrogens with zero attached hydrogens (tertiary/aromatic N) is 1. The van der Waals surface area contributed by atoms with E-state index < -0.39 is 17.5 Å². The second-order valence-electron chi connectivity index (χ2n) is 4.84. The molecule has 0 radical (unpaired) electrons. The predicted octanol–water partition coefficient (Wildman–Crippen LogP) is 3.60. The molecule has 0 N–H and O–H groups in total. The van der Waals surface area contributed by atoms with E-state index in [1.54, 1.807) is 4.90 Å². The molecule has 2 rings (SSSR count). The van der Waals surface area contributed by atoms with Gasteiger partial charge in [-0.2, -0.15) is 0 Å². The molecule has 19 heavy (non-hydrogen) atoms. The lowest BCUT2D eigenvalue weighted by atomic mass is 9.95. The Morgan fingerprint density at radius 2 is 2.21 bits per heavy atom. The topological polar surface area (TPSA) is 20.3 Å². The molecule has 1 atom stereocenters. The number of likely N-dealkylation sites (tertiary alicyclic amines) is 1. The largest absolute Gasteiger partial charge is 0.338 e. The highest BCUT2D eigenvalue weighted by molar-refractivity contribution is 9.09. The number of halogens is 3. The number of amides is 1. The molecule has 1 unspecified atom stereocenters. The fourth-order valence-electron chi connectivity index (χ4n) is 2.48. The summed E-state index contributed by atoms with van der Waals surface area (Å²) in [5.41, 5.74) is -0.167. The molecule has 1 aliphatic heterocycles. The van der Waals surface area contributed by atoms with Crippen molar-refractivity contribution >= 4 is 21.8 Å². The second kappa shape index (κ2) is 6.46. The number of carbonyl (C=O) groups excluding carboxylic acids is 1. The number of benzene rings is 1. The van der Waals surface area contributed by atoms with E-state index in [9.17, 15) is 13.6 Å². The predicted molar refractivity (Wildman–Crippen MR) is 73.4 cm³/mol. The molecule has 1 aromatic carbocycles. The van der Waals surface area contributed by atoms with Gasteiger partial charge in [0, 0.05) is 18.4 Å². The number of alkyl halides is 1. The minimum absolute atomic E-state index is 0.167. The molecular formula is C14H16BrF2NO. The van der Waals surface area contributed by atoms with Crippen molar-refractivity contribution in [1.29, 1.82) is 0 Å². The summed E-state index contributed by atoms with van der Waals surface area (Å²) in [6.07, 6.45) is 3.00. The number of carbonyl (C=O) groups is 1. The first-order valence-electron chi connectivity index (χ1n) is 6.42. The van der Waals surface area contributed by atoms with Gasteiger partial charge in [0.25, 0.3) is 5.91 Å². The van der Waals surface area contributed by atoms with E-state index in [1.165, 1.54) is 12.1 Å². The Hall–Kier alpha value is -0.970. The average Bonchev–Trinajstić information content (AvgIpc) is 2.42. The van der Waals surface area contributed by atoms with E-state index in [-0.39, 0.29) is 5.56 Å². The van der Waals surface area contributed by atoms with E-state index >= 15 is 0 Å². The third-order valence-corrected chi connectivity index (χ3v) is 3.96. The molecule has 0 aliphatic carbocycles. The summed E-state index contributed by atoms with van der Waals surface area (Å²) >= 11 is 3.39. The number of hydrogen-bond acceptors (Lipinski definition) is 1. The van der Waals surface area contributed by atoms with Crippen LogP contribution < -0.4 is 0 Å². The Morgan fingerprint density at radius 1 is 1.42 bits per heavy atom. The third kappa shape index (κ3) is 3.32. The summed E-state index contributed by atoms with van der Waals surface area (Å²) in [6.45, 7) is 1.24. The summed E-state index contributed by atoms with van der Waals surface area (Å²) in [7, 11) is 0. The summed E-state index contributed by atoms with van der Waals surface area (Å²) in [5.74, 6) is -1.99. The molecule has 2 nitrogen and oxygen atoms in total. The Kier molecular flexibility index (Phi) is 4.91. The van der Waals surface area contributed by atoms with Crippen molar-refractivity contribution in [3.05, 3.63) is 35.4 Å². The lowest BCUT2D eigenvalue weighted by Gasteiger charge is -2.32. The number of rotatable bonds is 3. The van der Waals surface area contributed by atoms with Gasteiger partial charge in [-0.15, -0.1) is 0 Å². The van der Waals surface area contributed by atoms with Gasteiger partial charge in [-0.1, -0.05) is 22.0 Å². The van der Waals surface area contributed by atoms with Crippen molar-refractivity contribution in [2.75, 3.05) is 18.4 Å². The molecule has 1 heterocycles. The van der Waals surface area contributed by atoms with Crippen LogP contribution in [0.3, 0.4) is 0 Å².